The Hall–Kier alpha value is -3.36. The Balaban J connectivity index is 1.70. The van der Waals surface area contributed by atoms with Crippen LogP contribution >= 0.6 is 0 Å². The summed E-state index contributed by atoms with van der Waals surface area (Å²) >= 11 is 0. The van der Waals surface area contributed by atoms with E-state index < -0.39 is 17.7 Å². The van der Waals surface area contributed by atoms with Crippen molar-refractivity contribution in [1.29, 1.82) is 0 Å². The summed E-state index contributed by atoms with van der Waals surface area (Å²) in [4.78, 5) is 30.2. The molecule has 34 heavy (non-hydrogen) atoms. The summed E-state index contributed by atoms with van der Waals surface area (Å²) in [6, 6.07) is 13.3. The largest absolute Gasteiger partial charge is 0.507 e. The normalized spacial score (nSPS) is 20.5. The molecule has 0 unspecified atom stereocenters. The predicted molar refractivity (Wildman–Crippen MR) is 127 cm³/mol. The van der Waals surface area contributed by atoms with E-state index in [2.05, 4.69) is 4.90 Å². The first-order valence-corrected chi connectivity index (χ1v) is 11.4. The fourth-order valence-electron chi connectivity index (χ4n) is 4.48. The summed E-state index contributed by atoms with van der Waals surface area (Å²) in [5.41, 5.74) is 1.19. The van der Waals surface area contributed by atoms with Crippen LogP contribution in [0.4, 0.5) is 0 Å². The standard InChI is InChI=1S/C26H30N2O6/c1-32-20-8-3-6-18(16-20)23-22(24(29)19-7-4-9-21(17-19)33-2)25(30)26(31)28(23)11-5-10-27-12-14-34-15-13-27/h3-4,6-9,16-17,23,29H,5,10-15H2,1-2H3/t23-/m0/s1. The highest BCUT2D eigenvalue weighted by Gasteiger charge is 2.46. The molecule has 2 aliphatic heterocycles. The van der Waals surface area contributed by atoms with E-state index in [4.69, 9.17) is 14.2 Å². The van der Waals surface area contributed by atoms with Gasteiger partial charge in [-0.25, -0.2) is 0 Å². The van der Waals surface area contributed by atoms with Crippen LogP contribution in [0.3, 0.4) is 0 Å². The maximum atomic E-state index is 13.2. The highest BCUT2D eigenvalue weighted by atomic mass is 16.5. The molecule has 8 heteroatoms. The van der Waals surface area contributed by atoms with Gasteiger partial charge in [0.05, 0.1) is 39.0 Å². The molecule has 2 aliphatic rings. The van der Waals surface area contributed by atoms with Crippen LogP contribution in [0.1, 0.15) is 23.6 Å². The average molecular weight is 467 g/mol. The Kier molecular flexibility index (Phi) is 7.49. The number of aliphatic hydroxyl groups is 1. The minimum atomic E-state index is -0.717. The van der Waals surface area contributed by atoms with Gasteiger partial charge in [-0.2, -0.15) is 0 Å². The Morgan fingerprint density at radius 3 is 2.38 bits per heavy atom. The fraction of sp³-hybridized carbons (Fsp3) is 0.385. The van der Waals surface area contributed by atoms with E-state index in [9.17, 15) is 14.7 Å². The van der Waals surface area contributed by atoms with Crippen molar-refractivity contribution in [1.82, 2.24) is 9.80 Å². The number of ether oxygens (including phenoxy) is 3. The average Bonchev–Trinajstić information content (AvgIpc) is 3.14. The van der Waals surface area contributed by atoms with Gasteiger partial charge in [0.1, 0.15) is 17.3 Å². The molecule has 1 atom stereocenters. The summed E-state index contributed by atoms with van der Waals surface area (Å²) in [7, 11) is 3.09. The molecule has 0 aliphatic carbocycles. The van der Waals surface area contributed by atoms with Gasteiger partial charge < -0.3 is 24.2 Å². The lowest BCUT2D eigenvalue weighted by molar-refractivity contribution is -0.140. The second-order valence-electron chi connectivity index (χ2n) is 8.31. The molecule has 0 bridgehead atoms. The van der Waals surface area contributed by atoms with Gasteiger partial charge in [0.25, 0.3) is 11.7 Å². The maximum Gasteiger partial charge on any atom is 0.295 e. The Morgan fingerprint density at radius 2 is 1.68 bits per heavy atom. The number of aliphatic hydroxyl groups excluding tert-OH is 1. The van der Waals surface area contributed by atoms with Crippen LogP contribution < -0.4 is 9.47 Å². The molecular formula is C26H30N2O6. The van der Waals surface area contributed by atoms with E-state index in [1.165, 1.54) is 7.11 Å². The number of methoxy groups -OCH3 is 2. The Bertz CT molecular complexity index is 1080. The number of nitrogens with zero attached hydrogens (tertiary/aromatic N) is 2. The highest BCUT2D eigenvalue weighted by Crippen LogP contribution is 2.40. The smallest absolute Gasteiger partial charge is 0.295 e. The van der Waals surface area contributed by atoms with Crippen molar-refractivity contribution >= 4 is 17.4 Å². The second-order valence-corrected chi connectivity index (χ2v) is 8.31. The number of hydrogen-bond donors (Lipinski definition) is 1. The third-order valence-electron chi connectivity index (χ3n) is 6.27. The van der Waals surface area contributed by atoms with E-state index in [0.717, 1.165) is 19.6 Å². The number of benzene rings is 2. The minimum Gasteiger partial charge on any atom is -0.507 e. The highest BCUT2D eigenvalue weighted by molar-refractivity contribution is 6.46. The van der Waals surface area contributed by atoms with Crippen molar-refractivity contribution in [3.8, 4) is 11.5 Å². The molecule has 2 heterocycles. The molecule has 4 rings (SSSR count). The third-order valence-corrected chi connectivity index (χ3v) is 6.27. The number of carbonyl (C=O) groups excluding carboxylic acids is 2. The van der Waals surface area contributed by atoms with Crippen molar-refractivity contribution in [2.45, 2.75) is 12.5 Å². The molecule has 0 aromatic heterocycles. The van der Waals surface area contributed by atoms with Gasteiger partial charge in [-0.15, -0.1) is 0 Å². The van der Waals surface area contributed by atoms with Crippen molar-refractivity contribution in [2.24, 2.45) is 0 Å². The fourth-order valence-corrected chi connectivity index (χ4v) is 4.48. The third kappa shape index (κ3) is 4.93. The van der Waals surface area contributed by atoms with Crippen LogP contribution in [-0.4, -0.2) is 80.2 Å². The lowest BCUT2D eigenvalue weighted by Crippen LogP contribution is -2.38. The van der Waals surface area contributed by atoms with Crippen LogP contribution in [0.25, 0.3) is 5.76 Å². The van der Waals surface area contributed by atoms with E-state index in [1.807, 2.05) is 12.1 Å². The quantitative estimate of drug-likeness (QED) is 0.364. The number of rotatable bonds is 8. The molecule has 8 nitrogen and oxygen atoms in total. The molecule has 0 spiro atoms. The van der Waals surface area contributed by atoms with E-state index >= 15 is 0 Å². The van der Waals surface area contributed by atoms with Crippen LogP contribution in [-0.2, 0) is 14.3 Å². The minimum absolute atomic E-state index is 0.0675. The van der Waals surface area contributed by atoms with Gasteiger partial charge in [-0.05, 0) is 36.2 Å². The topological polar surface area (TPSA) is 88.5 Å². The summed E-state index contributed by atoms with van der Waals surface area (Å²) < 4.78 is 16.0. The van der Waals surface area contributed by atoms with Crippen LogP contribution in [0.2, 0.25) is 0 Å². The van der Waals surface area contributed by atoms with Crippen molar-refractivity contribution < 1.29 is 28.9 Å². The van der Waals surface area contributed by atoms with E-state index in [0.29, 0.717) is 48.8 Å². The molecule has 1 N–H and O–H groups in total. The zero-order chi connectivity index (χ0) is 24.1. The molecular weight excluding hydrogens is 436 g/mol. The number of likely N-dealkylation sites (tertiary alicyclic amines) is 1. The molecule has 2 aromatic carbocycles. The van der Waals surface area contributed by atoms with Gasteiger partial charge in [0, 0.05) is 31.7 Å². The summed E-state index contributed by atoms with van der Waals surface area (Å²) in [5.74, 6) is -0.376. The number of Topliss-reactive ketones (excluding diaryl/α,β-unsaturated/α-hetero) is 1. The van der Waals surface area contributed by atoms with Gasteiger partial charge in [-0.1, -0.05) is 24.3 Å². The van der Waals surface area contributed by atoms with Gasteiger partial charge >= 0.3 is 0 Å². The van der Waals surface area contributed by atoms with E-state index in [1.54, 1.807) is 48.4 Å². The Morgan fingerprint density at radius 1 is 1.00 bits per heavy atom. The molecule has 2 fully saturated rings. The first kappa shape index (κ1) is 23.8. The Labute approximate surface area is 199 Å². The lowest BCUT2D eigenvalue weighted by atomic mass is 9.95. The first-order chi connectivity index (χ1) is 16.5. The van der Waals surface area contributed by atoms with Crippen molar-refractivity contribution in [2.75, 3.05) is 53.6 Å². The number of amides is 1. The van der Waals surface area contributed by atoms with Crippen molar-refractivity contribution in [3.63, 3.8) is 0 Å². The molecule has 180 valence electrons. The van der Waals surface area contributed by atoms with Crippen LogP contribution in [0, 0.1) is 0 Å². The molecule has 2 saturated heterocycles. The zero-order valence-corrected chi connectivity index (χ0v) is 19.5. The number of carbonyl (C=O) groups is 2. The molecule has 0 saturated carbocycles. The number of hydrogen-bond acceptors (Lipinski definition) is 7. The molecule has 2 aromatic rings. The maximum absolute atomic E-state index is 13.2. The predicted octanol–water partition coefficient (Wildman–Crippen LogP) is 2.85. The molecule has 0 radical (unpaired) electrons. The van der Waals surface area contributed by atoms with Gasteiger partial charge in [0.15, 0.2) is 0 Å². The second kappa shape index (κ2) is 10.7. The SMILES string of the molecule is COc1cccc(C(O)=C2C(=O)C(=O)N(CCCN3CCOCC3)[C@H]2c2cccc(OC)c2)c1. The zero-order valence-electron chi connectivity index (χ0n) is 19.5. The first-order valence-electron chi connectivity index (χ1n) is 11.4. The number of ketones is 1. The lowest BCUT2D eigenvalue weighted by Gasteiger charge is -2.29. The summed E-state index contributed by atoms with van der Waals surface area (Å²) in [5, 5.41) is 11.2. The molecule has 1 amide bonds. The van der Waals surface area contributed by atoms with E-state index in [-0.39, 0.29) is 11.3 Å². The number of morpholine rings is 1. The monoisotopic (exact) mass is 466 g/mol. The summed E-state index contributed by atoms with van der Waals surface area (Å²) in [6.45, 7) is 4.30. The van der Waals surface area contributed by atoms with Crippen LogP contribution in [0.5, 0.6) is 11.5 Å². The summed E-state index contributed by atoms with van der Waals surface area (Å²) in [6.07, 6.45) is 0.701. The van der Waals surface area contributed by atoms with Crippen molar-refractivity contribution in [3.05, 3.63) is 65.2 Å². The van der Waals surface area contributed by atoms with Crippen LogP contribution in [0.15, 0.2) is 54.1 Å². The van der Waals surface area contributed by atoms with Gasteiger partial charge in [-0.3, -0.25) is 14.5 Å². The van der Waals surface area contributed by atoms with Gasteiger partial charge in [0.2, 0.25) is 0 Å².